The van der Waals surface area contributed by atoms with E-state index in [1.54, 1.807) is 24.5 Å². The average molecular weight is 338 g/mol. The van der Waals surface area contributed by atoms with Crippen LogP contribution in [0.2, 0.25) is 5.02 Å². The zero-order valence-corrected chi connectivity index (χ0v) is 13.7. The summed E-state index contributed by atoms with van der Waals surface area (Å²) in [6, 6.07) is 13.6. The summed E-state index contributed by atoms with van der Waals surface area (Å²) in [5, 5.41) is 1.44. The van der Waals surface area contributed by atoms with Crippen molar-refractivity contribution in [3.05, 3.63) is 58.1 Å². The van der Waals surface area contributed by atoms with Gasteiger partial charge in [-0.2, -0.15) is 0 Å². The Balaban J connectivity index is 1.88. The highest BCUT2D eigenvalue weighted by molar-refractivity contribution is 7.18. The number of nitrogens with zero attached hydrogens (tertiary/aromatic N) is 1. The lowest BCUT2D eigenvalue weighted by Gasteiger charge is -2.13. The number of benzene rings is 2. The van der Waals surface area contributed by atoms with Gasteiger partial charge in [-0.25, -0.2) is 4.98 Å². The predicted octanol–water partition coefficient (Wildman–Crippen LogP) is 5.48. The molecule has 0 aliphatic carbocycles. The summed E-state index contributed by atoms with van der Waals surface area (Å²) in [5.74, 6) is 0.750. The predicted molar refractivity (Wildman–Crippen MR) is 89.9 cm³/mol. The van der Waals surface area contributed by atoms with Crippen LogP contribution < -0.4 is 4.74 Å². The standard InChI is InChI=1S/C16H13Cl2NOS/c1-20-14-7-6-10(17)8-11(14)12(18)9-16-19-13-4-2-3-5-15(13)21-16/h2-8,12H,9H2,1H3. The molecule has 0 amide bonds. The molecule has 5 heteroatoms. The van der Waals surface area contributed by atoms with Gasteiger partial charge in [0.2, 0.25) is 0 Å². The summed E-state index contributed by atoms with van der Waals surface area (Å²) in [6.07, 6.45) is 0.650. The van der Waals surface area contributed by atoms with Gasteiger partial charge >= 0.3 is 0 Å². The monoisotopic (exact) mass is 337 g/mol. The summed E-state index contributed by atoms with van der Waals surface area (Å²) < 4.78 is 6.53. The van der Waals surface area contributed by atoms with Gasteiger partial charge in [0.25, 0.3) is 0 Å². The van der Waals surface area contributed by atoms with Gasteiger partial charge in [-0.05, 0) is 30.3 Å². The zero-order valence-electron chi connectivity index (χ0n) is 11.3. The Morgan fingerprint density at radius 1 is 1.24 bits per heavy atom. The first kappa shape index (κ1) is 14.6. The van der Waals surface area contributed by atoms with Crippen LogP contribution in [0.3, 0.4) is 0 Å². The quantitative estimate of drug-likeness (QED) is 0.588. The van der Waals surface area contributed by atoms with Gasteiger partial charge in [0.05, 0.1) is 27.7 Å². The summed E-state index contributed by atoms with van der Waals surface area (Å²) in [4.78, 5) is 4.62. The molecule has 0 radical (unpaired) electrons. The van der Waals surface area contributed by atoms with E-state index >= 15 is 0 Å². The van der Waals surface area contributed by atoms with E-state index in [9.17, 15) is 0 Å². The lowest BCUT2D eigenvalue weighted by Crippen LogP contribution is -1.99. The third-order valence-corrected chi connectivity index (χ3v) is 4.90. The number of rotatable bonds is 4. The first-order valence-corrected chi connectivity index (χ1v) is 8.12. The molecule has 0 fully saturated rings. The van der Waals surface area contributed by atoms with Crippen LogP contribution in [-0.4, -0.2) is 12.1 Å². The van der Waals surface area contributed by atoms with Crippen LogP contribution in [0.4, 0.5) is 0 Å². The lowest BCUT2D eigenvalue weighted by molar-refractivity contribution is 0.409. The number of hydrogen-bond donors (Lipinski definition) is 0. The maximum Gasteiger partial charge on any atom is 0.123 e. The first-order valence-electron chi connectivity index (χ1n) is 6.49. The molecule has 3 rings (SSSR count). The molecule has 0 saturated carbocycles. The molecule has 0 aliphatic rings. The van der Waals surface area contributed by atoms with Gasteiger partial charge in [-0.15, -0.1) is 22.9 Å². The molecule has 0 aliphatic heterocycles. The fraction of sp³-hybridized carbons (Fsp3) is 0.188. The smallest absolute Gasteiger partial charge is 0.123 e. The van der Waals surface area contributed by atoms with Crippen LogP contribution >= 0.6 is 34.5 Å². The van der Waals surface area contributed by atoms with Crippen LogP contribution in [0.25, 0.3) is 10.2 Å². The highest BCUT2D eigenvalue weighted by atomic mass is 35.5. The number of halogens is 2. The number of para-hydroxylation sites is 1. The molecule has 2 aromatic carbocycles. The van der Waals surface area contributed by atoms with Crippen molar-refractivity contribution in [2.45, 2.75) is 11.8 Å². The molecule has 2 nitrogen and oxygen atoms in total. The molecule has 0 saturated heterocycles. The molecule has 1 heterocycles. The van der Waals surface area contributed by atoms with Crippen molar-refractivity contribution in [3.8, 4) is 5.75 Å². The van der Waals surface area contributed by atoms with E-state index < -0.39 is 0 Å². The Morgan fingerprint density at radius 3 is 2.81 bits per heavy atom. The normalized spacial score (nSPS) is 12.5. The van der Waals surface area contributed by atoms with Crippen molar-refractivity contribution in [3.63, 3.8) is 0 Å². The third-order valence-electron chi connectivity index (χ3n) is 3.22. The highest BCUT2D eigenvalue weighted by Crippen LogP contribution is 2.35. The van der Waals surface area contributed by atoms with Crippen molar-refractivity contribution >= 4 is 44.8 Å². The van der Waals surface area contributed by atoms with Crippen LogP contribution in [0.5, 0.6) is 5.75 Å². The average Bonchev–Trinajstić information content (AvgIpc) is 2.89. The van der Waals surface area contributed by atoms with Gasteiger partial charge in [0.15, 0.2) is 0 Å². The van der Waals surface area contributed by atoms with Gasteiger partial charge in [0.1, 0.15) is 5.75 Å². The SMILES string of the molecule is COc1ccc(Cl)cc1C(Cl)Cc1nc2ccccc2s1. The van der Waals surface area contributed by atoms with E-state index in [0.29, 0.717) is 11.4 Å². The topological polar surface area (TPSA) is 22.1 Å². The number of methoxy groups -OCH3 is 1. The van der Waals surface area contributed by atoms with Gasteiger partial charge in [-0.1, -0.05) is 23.7 Å². The molecule has 1 atom stereocenters. The molecule has 3 aromatic rings. The maximum atomic E-state index is 6.55. The highest BCUT2D eigenvalue weighted by Gasteiger charge is 2.17. The Hall–Kier alpha value is -1.29. The maximum absolute atomic E-state index is 6.55. The Labute approximate surface area is 137 Å². The number of fused-ring (bicyclic) bond motifs is 1. The van der Waals surface area contributed by atoms with E-state index in [4.69, 9.17) is 27.9 Å². The summed E-state index contributed by atoms with van der Waals surface area (Å²) in [7, 11) is 1.63. The van der Waals surface area contributed by atoms with Crippen LogP contribution in [-0.2, 0) is 6.42 Å². The molecular formula is C16H13Cl2NOS. The van der Waals surface area contributed by atoms with E-state index in [1.165, 1.54) is 4.70 Å². The molecule has 1 unspecified atom stereocenters. The minimum atomic E-state index is -0.223. The fourth-order valence-corrected chi connectivity index (χ4v) is 3.82. The summed E-state index contributed by atoms with van der Waals surface area (Å²) >= 11 is 14.3. The molecule has 0 N–H and O–H groups in total. The van der Waals surface area contributed by atoms with E-state index in [0.717, 1.165) is 21.8 Å². The van der Waals surface area contributed by atoms with Crippen molar-refractivity contribution in [1.82, 2.24) is 4.98 Å². The fourth-order valence-electron chi connectivity index (χ4n) is 2.22. The van der Waals surface area contributed by atoms with Gasteiger partial charge < -0.3 is 4.74 Å². The van der Waals surface area contributed by atoms with Crippen LogP contribution in [0.1, 0.15) is 15.9 Å². The molecule has 21 heavy (non-hydrogen) atoms. The van der Waals surface area contributed by atoms with Crippen molar-refractivity contribution < 1.29 is 4.74 Å². The zero-order chi connectivity index (χ0) is 14.8. The molecule has 0 bridgehead atoms. The molecule has 0 spiro atoms. The van der Waals surface area contributed by atoms with Crippen LogP contribution in [0, 0.1) is 0 Å². The van der Waals surface area contributed by atoms with Gasteiger partial charge in [-0.3, -0.25) is 0 Å². The second-order valence-electron chi connectivity index (χ2n) is 4.63. The van der Waals surface area contributed by atoms with Crippen molar-refractivity contribution in [2.24, 2.45) is 0 Å². The number of aromatic nitrogens is 1. The van der Waals surface area contributed by atoms with Gasteiger partial charge in [0, 0.05) is 17.0 Å². The lowest BCUT2D eigenvalue weighted by atomic mass is 10.1. The summed E-state index contributed by atoms with van der Waals surface area (Å²) in [5.41, 5.74) is 1.91. The van der Waals surface area contributed by atoms with E-state index in [2.05, 4.69) is 11.1 Å². The number of thiazole rings is 1. The molecular weight excluding hydrogens is 325 g/mol. The Bertz CT molecular complexity index is 739. The minimum absolute atomic E-state index is 0.223. The first-order chi connectivity index (χ1) is 10.2. The molecule has 1 aromatic heterocycles. The number of alkyl halides is 1. The molecule has 108 valence electrons. The Kier molecular flexibility index (Phi) is 4.34. The number of hydrogen-bond acceptors (Lipinski definition) is 3. The van der Waals surface area contributed by atoms with Crippen molar-refractivity contribution in [1.29, 1.82) is 0 Å². The minimum Gasteiger partial charge on any atom is -0.496 e. The number of ether oxygens (including phenoxy) is 1. The van der Waals surface area contributed by atoms with E-state index in [1.807, 2.05) is 30.3 Å². The van der Waals surface area contributed by atoms with Crippen molar-refractivity contribution in [2.75, 3.05) is 7.11 Å². The Morgan fingerprint density at radius 2 is 2.05 bits per heavy atom. The summed E-state index contributed by atoms with van der Waals surface area (Å²) in [6.45, 7) is 0. The second kappa shape index (κ2) is 6.22. The van der Waals surface area contributed by atoms with E-state index in [-0.39, 0.29) is 5.38 Å². The third kappa shape index (κ3) is 3.15. The largest absolute Gasteiger partial charge is 0.496 e. The second-order valence-corrected chi connectivity index (χ2v) is 6.71. The van der Waals surface area contributed by atoms with Crippen LogP contribution in [0.15, 0.2) is 42.5 Å².